The number of hydrogen-bond acceptors (Lipinski definition) is 4. The van der Waals surface area contributed by atoms with Gasteiger partial charge in [-0.2, -0.15) is 0 Å². The number of nitrogens with one attached hydrogen (secondary N) is 1. The summed E-state index contributed by atoms with van der Waals surface area (Å²) in [7, 11) is 1.90. The number of likely N-dealkylation sites (N-methyl/N-ethyl adjacent to an activating group) is 2. The highest BCUT2D eigenvalue weighted by molar-refractivity contribution is 5.83. The van der Waals surface area contributed by atoms with Crippen LogP contribution in [0.15, 0.2) is 24.3 Å². The van der Waals surface area contributed by atoms with Crippen LogP contribution in [0.2, 0.25) is 0 Å². The minimum Gasteiger partial charge on any atom is -0.484 e. The van der Waals surface area contributed by atoms with E-state index in [1.807, 2.05) is 30.7 Å². The molecule has 0 saturated carbocycles. The lowest BCUT2D eigenvalue weighted by Gasteiger charge is -2.26. The number of benzene rings is 1. The number of halogens is 1. The fourth-order valence-electron chi connectivity index (χ4n) is 3.09. The van der Waals surface area contributed by atoms with Gasteiger partial charge in [0.1, 0.15) is 11.6 Å². The first-order valence-electron chi connectivity index (χ1n) is 8.61. The lowest BCUT2D eigenvalue weighted by atomic mass is 10.1. The topological polar surface area (TPSA) is 61.9 Å². The molecule has 1 aliphatic rings. The van der Waals surface area contributed by atoms with Crippen LogP contribution in [0.1, 0.15) is 20.3 Å². The molecule has 1 aromatic carbocycles. The van der Waals surface area contributed by atoms with Crippen molar-refractivity contribution < 1.29 is 18.7 Å². The minimum atomic E-state index is -0.352. The second-order valence-electron chi connectivity index (χ2n) is 6.21. The standard InChI is InChI=1S/C18H26FN3O3/c1-4-22(5-2)18(24)16-10-14(11-21(16)3)20-17(23)12-25-15-8-6-13(19)7-9-15/h6-9,14,16H,4-5,10-12H2,1-3H3,(H,20,23)/t14-,16-/m0/s1. The maximum absolute atomic E-state index is 12.8. The number of likely N-dealkylation sites (tertiary alicyclic amines) is 1. The van der Waals surface area contributed by atoms with Crippen molar-refractivity contribution in [3.63, 3.8) is 0 Å². The Morgan fingerprint density at radius 1 is 1.28 bits per heavy atom. The van der Waals surface area contributed by atoms with Crippen LogP contribution >= 0.6 is 0 Å². The van der Waals surface area contributed by atoms with Crippen LogP contribution in [0, 0.1) is 5.82 Å². The maximum Gasteiger partial charge on any atom is 0.258 e. The summed E-state index contributed by atoms with van der Waals surface area (Å²) < 4.78 is 18.2. The Labute approximate surface area is 147 Å². The Morgan fingerprint density at radius 3 is 2.52 bits per heavy atom. The quantitative estimate of drug-likeness (QED) is 0.803. The summed E-state index contributed by atoms with van der Waals surface area (Å²) in [5.41, 5.74) is 0. The zero-order chi connectivity index (χ0) is 18.4. The van der Waals surface area contributed by atoms with Crippen molar-refractivity contribution in [1.29, 1.82) is 0 Å². The molecule has 2 rings (SSSR count). The third-order valence-electron chi connectivity index (χ3n) is 4.46. The molecule has 25 heavy (non-hydrogen) atoms. The first-order chi connectivity index (χ1) is 11.9. The summed E-state index contributed by atoms with van der Waals surface area (Å²) in [6, 6.07) is 5.22. The van der Waals surface area contributed by atoms with Crippen LogP contribution in [-0.2, 0) is 9.59 Å². The van der Waals surface area contributed by atoms with Gasteiger partial charge in [-0.1, -0.05) is 0 Å². The predicted octanol–water partition coefficient (Wildman–Crippen LogP) is 1.26. The molecule has 1 aromatic rings. The molecule has 0 aliphatic carbocycles. The largest absolute Gasteiger partial charge is 0.484 e. The normalized spacial score (nSPS) is 20.3. The molecule has 1 aliphatic heterocycles. The van der Waals surface area contributed by atoms with Crippen LogP contribution in [0.3, 0.4) is 0 Å². The third kappa shape index (κ3) is 5.16. The van der Waals surface area contributed by atoms with Gasteiger partial charge in [-0.25, -0.2) is 4.39 Å². The molecular formula is C18H26FN3O3. The van der Waals surface area contributed by atoms with E-state index >= 15 is 0 Å². The number of carbonyl (C=O) groups excluding carboxylic acids is 2. The highest BCUT2D eigenvalue weighted by atomic mass is 19.1. The summed E-state index contributed by atoms with van der Waals surface area (Å²) in [6.45, 7) is 5.77. The molecule has 0 bridgehead atoms. The average molecular weight is 351 g/mol. The molecule has 0 radical (unpaired) electrons. The summed E-state index contributed by atoms with van der Waals surface area (Å²) in [5.74, 6) is -0.0603. The molecule has 1 fully saturated rings. The summed E-state index contributed by atoms with van der Waals surface area (Å²) in [5, 5.41) is 2.90. The number of nitrogens with zero attached hydrogens (tertiary/aromatic N) is 2. The van der Waals surface area contributed by atoms with Gasteiger partial charge in [-0.05, 0) is 51.6 Å². The number of amides is 2. The Kier molecular flexibility index (Phi) is 6.75. The molecule has 1 saturated heterocycles. The van der Waals surface area contributed by atoms with Crippen molar-refractivity contribution in [2.45, 2.75) is 32.4 Å². The monoisotopic (exact) mass is 351 g/mol. The second kappa shape index (κ2) is 8.80. The van der Waals surface area contributed by atoms with Crippen molar-refractivity contribution in [3.05, 3.63) is 30.1 Å². The zero-order valence-electron chi connectivity index (χ0n) is 15.0. The van der Waals surface area contributed by atoms with Gasteiger partial charge in [0.2, 0.25) is 5.91 Å². The summed E-state index contributed by atoms with van der Waals surface area (Å²) in [4.78, 5) is 28.3. The molecule has 0 spiro atoms. The number of rotatable bonds is 7. The van der Waals surface area contributed by atoms with E-state index in [-0.39, 0.29) is 36.3 Å². The molecule has 1 N–H and O–H groups in total. The maximum atomic E-state index is 12.8. The first-order valence-corrected chi connectivity index (χ1v) is 8.61. The smallest absolute Gasteiger partial charge is 0.258 e. The molecular weight excluding hydrogens is 325 g/mol. The second-order valence-corrected chi connectivity index (χ2v) is 6.21. The molecule has 1 heterocycles. The minimum absolute atomic E-state index is 0.0844. The SMILES string of the molecule is CCN(CC)C(=O)[C@@H]1C[C@H](NC(=O)COc2ccc(F)cc2)CN1C. The highest BCUT2D eigenvalue weighted by Gasteiger charge is 2.36. The van der Waals surface area contributed by atoms with Gasteiger partial charge in [-0.3, -0.25) is 14.5 Å². The van der Waals surface area contributed by atoms with Gasteiger partial charge >= 0.3 is 0 Å². The lowest BCUT2D eigenvalue weighted by molar-refractivity contribution is -0.135. The van der Waals surface area contributed by atoms with Gasteiger partial charge in [0, 0.05) is 25.7 Å². The van der Waals surface area contributed by atoms with Crippen molar-refractivity contribution in [3.8, 4) is 5.75 Å². The van der Waals surface area contributed by atoms with Crippen LogP contribution in [-0.4, -0.2) is 67.0 Å². The van der Waals surface area contributed by atoms with Crippen molar-refractivity contribution in [2.75, 3.05) is 33.3 Å². The highest BCUT2D eigenvalue weighted by Crippen LogP contribution is 2.18. The third-order valence-corrected chi connectivity index (χ3v) is 4.46. The Bertz CT molecular complexity index is 590. The Hall–Kier alpha value is -2.15. The average Bonchev–Trinajstić information content (AvgIpc) is 2.95. The van der Waals surface area contributed by atoms with E-state index in [1.54, 1.807) is 0 Å². The number of hydrogen-bond donors (Lipinski definition) is 1. The van der Waals surface area contributed by atoms with E-state index in [2.05, 4.69) is 5.32 Å². The predicted molar refractivity (Wildman–Crippen MR) is 92.8 cm³/mol. The van der Waals surface area contributed by atoms with Gasteiger partial charge in [-0.15, -0.1) is 0 Å². The summed E-state index contributed by atoms with van der Waals surface area (Å²) in [6.07, 6.45) is 0.591. The van der Waals surface area contributed by atoms with Crippen LogP contribution in [0.5, 0.6) is 5.75 Å². The molecule has 6 nitrogen and oxygen atoms in total. The van der Waals surface area contributed by atoms with Crippen molar-refractivity contribution in [1.82, 2.24) is 15.1 Å². The van der Waals surface area contributed by atoms with Gasteiger partial charge in [0.25, 0.3) is 5.91 Å². The van der Waals surface area contributed by atoms with E-state index < -0.39 is 0 Å². The van der Waals surface area contributed by atoms with Crippen molar-refractivity contribution in [2.24, 2.45) is 0 Å². The molecule has 2 atom stereocenters. The van der Waals surface area contributed by atoms with Gasteiger partial charge in [0.15, 0.2) is 6.61 Å². The Morgan fingerprint density at radius 2 is 1.92 bits per heavy atom. The van der Waals surface area contributed by atoms with E-state index in [4.69, 9.17) is 4.74 Å². The fourth-order valence-corrected chi connectivity index (χ4v) is 3.09. The van der Waals surface area contributed by atoms with Gasteiger partial charge < -0.3 is 15.0 Å². The van der Waals surface area contributed by atoms with E-state index in [0.717, 1.165) is 0 Å². The van der Waals surface area contributed by atoms with Crippen LogP contribution in [0.25, 0.3) is 0 Å². The fraction of sp³-hybridized carbons (Fsp3) is 0.556. The molecule has 7 heteroatoms. The van der Waals surface area contributed by atoms with E-state index in [9.17, 15) is 14.0 Å². The van der Waals surface area contributed by atoms with Crippen LogP contribution in [0.4, 0.5) is 4.39 Å². The van der Waals surface area contributed by atoms with E-state index in [1.165, 1.54) is 24.3 Å². The van der Waals surface area contributed by atoms with Crippen molar-refractivity contribution >= 4 is 11.8 Å². The van der Waals surface area contributed by atoms with Crippen LogP contribution < -0.4 is 10.1 Å². The van der Waals surface area contributed by atoms with E-state index in [0.29, 0.717) is 31.8 Å². The number of ether oxygens (including phenoxy) is 1. The lowest BCUT2D eigenvalue weighted by Crippen LogP contribution is -2.44. The molecule has 138 valence electrons. The summed E-state index contributed by atoms with van der Waals surface area (Å²) >= 11 is 0. The molecule has 0 unspecified atom stereocenters. The zero-order valence-corrected chi connectivity index (χ0v) is 15.0. The molecule has 0 aromatic heterocycles. The van der Waals surface area contributed by atoms with Gasteiger partial charge in [0.05, 0.1) is 6.04 Å². The molecule has 2 amide bonds. The Balaban J connectivity index is 1.81. The number of carbonyl (C=O) groups is 2. The first kappa shape index (κ1) is 19.2.